The van der Waals surface area contributed by atoms with Gasteiger partial charge in [0.05, 0.1) is 7.05 Å². The van der Waals surface area contributed by atoms with Crippen LogP contribution in [0.5, 0.6) is 11.5 Å². The molecule has 7 aromatic rings. The molecular formula is C37H27N4O2Pt-. The first-order chi connectivity index (χ1) is 21.1. The second kappa shape index (κ2) is 11.3. The average Bonchev–Trinajstić information content (AvgIpc) is 3.56. The molecule has 0 amide bonds. The summed E-state index contributed by atoms with van der Waals surface area (Å²) < 4.78 is 8.53. The molecule has 44 heavy (non-hydrogen) atoms. The first-order valence-electron chi connectivity index (χ1n) is 14.2. The third-order valence-electron chi connectivity index (χ3n) is 7.87. The molecule has 2 aromatic heterocycles. The van der Waals surface area contributed by atoms with E-state index >= 15 is 0 Å². The summed E-state index contributed by atoms with van der Waals surface area (Å²) in [5, 5.41) is 5.95. The van der Waals surface area contributed by atoms with Crippen LogP contribution in [0.3, 0.4) is 0 Å². The van der Waals surface area contributed by atoms with Gasteiger partial charge in [0.15, 0.2) is 0 Å². The van der Waals surface area contributed by atoms with Gasteiger partial charge in [0.25, 0.3) is 0 Å². The fraction of sp³-hybridized carbons (Fsp3) is 0.0541. The minimum absolute atomic E-state index is 0. The van der Waals surface area contributed by atoms with Crippen LogP contribution < -0.4 is 14.9 Å². The van der Waals surface area contributed by atoms with E-state index in [4.69, 9.17) is 9.72 Å². The smallest absolute Gasteiger partial charge is 0.145 e. The topological polar surface area (TPSA) is 46.3 Å². The summed E-state index contributed by atoms with van der Waals surface area (Å²) in [6.45, 7) is 2.13. The summed E-state index contributed by atoms with van der Waals surface area (Å²) in [5.41, 5.74) is 8.31. The van der Waals surface area contributed by atoms with E-state index in [0.717, 1.165) is 50.2 Å². The number of benzene rings is 5. The Morgan fingerprint density at radius 3 is 2.39 bits per heavy atom. The molecule has 1 aliphatic rings. The molecule has 1 aliphatic heterocycles. The van der Waals surface area contributed by atoms with Gasteiger partial charge in [0, 0.05) is 50.0 Å². The Labute approximate surface area is 269 Å². The zero-order chi connectivity index (χ0) is 28.9. The van der Waals surface area contributed by atoms with E-state index in [1.807, 2.05) is 71.9 Å². The van der Waals surface area contributed by atoms with Crippen LogP contribution in [0.15, 0.2) is 121 Å². The largest absolute Gasteiger partial charge is 0.509 e. The van der Waals surface area contributed by atoms with Crippen LogP contribution >= 0.6 is 0 Å². The molecule has 6 nitrogen and oxygen atoms in total. The van der Waals surface area contributed by atoms with Gasteiger partial charge in [0.2, 0.25) is 0 Å². The van der Waals surface area contributed by atoms with Crippen molar-refractivity contribution in [3.8, 4) is 28.4 Å². The van der Waals surface area contributed by atoms with Gasteiger partial charge in [-0.25, -0.2) is 4.98 Å². The van der Waals surface area contributed by atoms with Crippen molar-refractivity contribution in [3.05, 3.63) is 139 Å². The van der Waals surface area contributed by atoms with Crippen LogP contribution in [-0.4, -0.2) is 21.5 Å². The van der Waals surface area contributed by atoms with Gasteiger partial charge < -0.3 is 9.30 Å². The van der Waals surface area contributed by atoms with E-state index in [2.05, 4.69) is 95.3 Å². The van der Waals surface area contributed by atoms with Crippen molar-refractivity contribution in [1.82, 2.24) is 9.55 Å². The number of anilines is 3. The molecule has 0 atom stereocenters. The third kappa shape index (κ3) is 4.73. The van der Waals surface area contributed by atoms with Crippen LogP contribution in [0.2, 0.25) is 0 Å². The molecule has 0 fully saturated rings. The maximum atomic E-state index is 6.37. The van der Waals surface area contributed by atoms with Crippen molar-refractivity contribution in [1.29, 1.82) is 0 Å². The number of hydrogen-bond acceptors (Lipinski definition) is 4. The number of ether oxygens (including phenoxy) is 1. The maximum Gasteiger partial charge on any atom is 0.145 e. The Kier molecular flexibility index (Phi) is 7.17. The Hall–Kier alpha value is -4.90. The molecule has 1 N–H and O–H groups in total. The van der Waals surface area contributed by atoms with Gasteiger partial charge >= 0.3 is 0 Å². The zero-order valence-corrected chi connectivity index (χ0v) is 26.3. The number of pyridine rings is 1. The monoisotopic (exact) mass is 754 g/mol. The number of hydrogen-bond donors (Lipinski definition) is 0. The first-order valence-corrected chi connectivity index (χ1v) is 14.2. The van der Waals surface area contributed by atoms with Crippen LogP contribution in [0, 0.1) is 19.1 Å². The molecular weight excluding hydrogens is 728 g/mol. The summed E-state index contributed by atoms with van der Waals surface area (Å²) in [5.74, 6) is 2.00. The molecule has 0 spiro atoms. The molecule has 5 aromatic carbocycles. The number of para-hydroxylation sites is 3. The van der Waals surface area contributed by atoms with Gasteiger partial charge in [-0.3, -0.25) is 0 Å². The van der Waals surface area contributed by atoms with Crippen molar-refractivity contribution in [2.24, 2.45) is 0 Å². The van der Waals surface area contributed by atoms with Gasteiger partial charge in [-0.1, -0.05) is 60.1 Å². The van der Waals surface area contributed by atoms with Crippen LogP contribution in [0.1, 0.15) is 5.56 Å². The molecule has 0 unspecified atom stereocenters. The third-order valence-corrected chi connectivity index (χ3v) is 7.87. The minimum Gasteiger partial charge on any atom is -0.509 e. The number of aryl methyl sites for hydroxylation is 1. The second-order valence-electron chi connectivity index (χ2n) is 10.6. The van der Waals surface area contributed by atoms with Crippen molar-refractivity contribution in [3.63, 3.8) is 0 Å². The normalized spacial score (nSPS) is 12.4. The predicted octanol–water partition coefficient (Wildman–Crippen LogP) is 8.97. The van der Waals surface area contributed by atoms with Crippen LogP contribution in [0.25, 0.3) is 38.8 Å². The molecule has 0 aliphatic carbocycles. The number of nitrogens with zero attached hydrogens (tertiary/aromatic N) is 4. The fourth-order valence-electron chi connectivity index (χ4n) is 5.84. The Morgan fingerprint density at radius 2 is 1.50 bits per heavy atom. The van der Waals surface area contributed by atoms with E-state index in [1.165, 1.54) is 11.1 Å². The quantitative estimate of drug-likeness (QED) is 0.130. The first kappa shape index (κ1) is 27.9. The standard InChI is InChI=1S/C37H26N4O2.Pt/c1-25-10-3-4-13-30(25)26-20-21-38-37(22-26)40-33-15-6-5-14-31(33)32-19-18-29(24-36(32)40)42-28-12-9-11-27(23-28)41-35-17-8-7-16-34(35)39(2)43-41;/h3-22H,1-2H3;/q-2;/p+1. The second-order valence-corrected chi connectivity index (χ2v) is 10.6. The maximum absolute atomic E-state index is 6.37. The molecule has 218 valence electrons. The van der Waals surface area contributed by atoms with E-state index in [9.17, 15) is 0 Å². The average molecular weight is 755 g/mol. The summed E-state index contributed by atoms with van der Waals surface area (Å²) in [7, 11) is 1.94. The van der Waals surface area contributed by atoms with Crippen LogP contribution in [-0.2, 0) is 21.1 Å². The molecule has 0 radical (unpaired) electrons. The number of rotatable bonds is 5. The number of fused-ring (bicyclic) bond motifs is 4. The Bertz CT molecular complexity index is 2160. The molecule has 0 bridgehead atoms. The van der Waals surface area contributed by atoms with Gasteiger partial charge in [-0.15, -0.1) is 45.8 Å². The molecule has 3 heterocycles. The fourth-order valence-corrected chi connectivity index (χ4v) is 5.84. The van der Waals surface area contributed by atoms with Gasteiger partial charge in [-0.2, -0.15) is 17.1 Å². The van der Waals surface area contributed by atoms with Crippen LogP contribution in [0.4, 0.5) is 17.1 Å². The molecule has 7 heteroatoms. The molecule has 0 saturated heterocycles. The minimum atomic E-state index is 0. The summed E-state index contributed by atoms with van der Waals surface area (Å²) in [6, 6.07) is 45.9. The van der Waals surface area contributed by atoms with Crippen molar-refractivity contribution in [2.75, 3.05) is 17.2 Å². The van der Waals surface area contributed by atoms with E-state index < -0.39 is 0 Å². The molecule has 0 saturated carbocycles. The Morgan fingerprint density at radius 1 is 0.727 bits per heavy atom. The number of hydroxylamine groups is 1. The van der Waals surface area contributed by atoms with Gasteiger partial charge in [-0.05, 0) is 59.3 Å². The van der Waals surface area contributed by atoms with E-state index in [-0.39, 0.29) is 21.1 Å². The predicted molar refractivity (Wildman–Crippen MR) is 172 cm³/mol. The summed E-state index contributed by atoms with van der Waals surface area (Å²) in [6.07, 6.45) is 1.87. The Balaban J connectivity index is 0.00000312. The number of aromatic nitrogens is 2. The van der Waals surface area contributed by atoms with E-state index in [0.29, 0.717) is 11.5 Å². The summed E-state index contributed by atoms with van der Waals surface area (Å²) >= 11 is 0. The van der Waals surface area contributed by atoms with E-state index in [1.54, 1.807) is 0 Å². The molecule has 8 rings (SSSR count). The zero-order valence-electron chi connectivity index (χ0n) is 24.0. The van der Waals surface area contributed by atoms with Crippen molar-refractivity contribution in [2.45, 2.75) is 6.92 Å². The van der Waals surface area contributed by atoms with Gasteiger partial charge in [0.1, 0.15) is 17.2 Å². The summed E-state index contributed by atoms with van der Waals surface area (Å²) in [4.78, 5) is 9.49. The SMILES string of the molecule is Cc1ccccc1-c1ccnc(-n2c3[c-]c(Oc4[c-]c(N5[OH+]N(C)c6ccccc65)ccc4)ccc3c3ccccc32)c1.[Pt]. The van der Waals surface area contributed by atoms with Crippen molar-refractivity contribution < 1.29 is 30.7 Å². The van der Waals surface area contributed by atoms with Crippen molar-refractivity contribution >= 4 is 38.9 Å².